The summed E-state index contributed by atoms with van der Waals surface area (Å²) < 4.78 is 0. The van der Waals surface area contributed by atoms with Crippen LogP contribution >= 0.6 is 0 Å². The smallest absolute Gasteiger partial charge is 0.142 e. The van der Waals surface area contributed by atoms with Gasteiger partial charge in [-0.1, -0.05) is 11.6 Å². The first kappa shape index (κ1) is 6.36. The lowest BCUT2D eigenvalue weighted by atomic mass is 10.1. The number of allylic oxidation sites excluding steroid dienone is 4. The summed E-state index contributed by atoms with van der Waals surface area (Å²) in [7, 11) is 0. The summed E-state index contributed by atoms with van der Waals surface area (Å²) in [6.45, 7) is 2.06. The molecule has 0 atom stereocenters. The van der Waals surface area contributed by atoms with Gasteiger partial charge >= 0.3 is 0 Å². The molecule has 0 saturated heterocycles. The Kier molecular flexibility index (Phi) is 1.90. The highest BCUT2D eigenvalue weighted by Crippen LogP contribution is 2.16. The fourth-order valence-corrected chi connectivity index (χ4v) is 0.798. The van der Waals surface area contributed by atoms with Crippen LogP contribution in [0.3, 0.4) is 0 Å². The summed E-state index contributed by atoms with van der Waals surface area (Å²) in [6.07, 6.45) is 5.55. The summed E-state index contributed by atoms with van der Waals surface area (Å²) >= 11 is 0. The van der Waals surface area contributed by atoms with Crippen LogP contribution in [-0.4, -0.2) is 5.26 Å². The van der Waals surface area contributed by atoms with E-state index >= 15 is 0 Å². The van der Waals surface area contributed by atoms with E-state index in [-0.39, 0.29) is 0 Å². The van der Waals surface area contributed by atoms with Crippen molar-refractivity contribution in [3.05, 3.63) is 23.5 Å². The Bertz CT molecular complexity index is 156. The van der Waals surface area contributed by atoms with Gasteiger partial charge in [-0.2, -0.15) is 0 Å². The Hall–Kier alpha value is -0.760. The molecule has 0 amide bonds. The van der Waals surface area contributed by atoms with Crippen LogP contribution in [0.15, 0.2) is 23.5 Å². The Morgan fingerprint density at radius 1 is 1.44 bits per heavy atom. The topological polar surface area (TPSA) is 29.5 Å². The van der Waals surface area contributed by atoms with Crippen LogP contribution in [-0.2, 0) is 4.89 Å². The van der Waals surface area contributed by atoms with E-state index in [4.69, 9.17) is 5.26 Å². The fourth-order valence-electron chi connectivity index (χ4n) is 0.798. The molecule has 0 fully saturated rings. The van der Waals surface area contributed by atoms with Crippen molar-refractivity contribution in [2.24, 2.45) is 0 Å². The highest BCUT2D eigenvalue weighted by Gasteiger charge is 2.02. The summed E-state index contributed by atoms with van der Waals surface area (Å²) in [4.78, 5) is 4.06. The van der Waals surface area contributed by atoms with Gasteiger partial charge < -0.3 is 4.89 Å². The average molecular weight is 126 g/mol. The van der Waals surface area contributed by atoms with E-state index in [1.807, 2.05) is 6.08 Å². The maximum atomic E-state index is 8.18. The molecule has 9 heavy (non-hydrogen) atoms. The quantitative estimate of drug-likeness (QED) is 0.430. The number of rotatable bonds is 1. The molecule has 0 unspecified atom stereocenters. The van der Waals surface area contributed by atoms with E-state index < -0.39 is 0 Å². The molecule has 0 radical (unpaired) electrons. The fraction of sp³-hybridized carbons (Fsp3) is 0.429. The third-order valence-corrected chi connectivity index (χ3v) is 1.44. The van der Waals surface area contributed by atoms with Gasteiger partial charge in [0.15, 0.2) is 0 Å². The van der Waals surface area contributed by atoms with Crippen molar-refractivity contribution >= 4 is 0 Å². The Labute approximate surface area is 54.4 Å². The second-order valence-corrected chi connectivity index (χ2v) is 2.24. The van der Waals surface area contributed by atoms with Gasteiger partial charge in [0.2, 0.25) is 0 Å². The van der Waals surface area contributed by atoms with Crippen molar-refractivity contribution in [1.29, 1.82) is 0 Å². The lowest BCUT2D eigenvalue weighted by Crippen LogP contribution is -1.92. The van der Waals surface area contributed by atoms with Gasteiger partial charge in [0.25, 0.3) is 0 Å². The van der Waals surface area contributed by atoms with Crippen LogP contribution in [0.2, 0.25) is 0 Å². The second-order valence-electron chi connectivity index (χ2n) is 2.24. The molecule has 1 N–H and O–H groups in total. The molecule has 0 aromatic carbocycles. The molecular weight excluding hydrogens is 116 g/mol. The lowest BCUT2D eigenvalue weighted by molar-refractivity contribution is -0.205. The predicted molar refractivity (Wildman–Crippen MR) is 34.8 cm³/mol. The van der Waals surface area contributed by atoms with E-state index in [2.05, 4.69) is 11.8 Å². The van der Waals surface area contributed by atoms with E-state index in [9.17, 15) is 0 Å². The summed E-state index contributed by atoms with van der Waals surface area (Å²) in [5.41, 5.74) is 1.33. The van der Waals surface area contributed by atoms with Crippen LogP contribution < -0.4 is 0 Å². The second kappa shape index (κ2) is 2.69. The highest BCUT2D eigenvalue weighted by molar-refractivity contribution is 5.18. The molecular formula is C7H10O2. The molecule has 0 spiro atoms. The zero-order chi connectivity index (χ0) is 6.69. The summed E-state index contributed by atoms with van der Waals surface area (Å²) in [5, 5.41) is 8.18. The first-order valence-electron chi connectivity index (χ1n) is 3.00. The standard InChI is InChI=1S/C7H10O2/c1-6-2-4-7(9-8)5-3-6/h2,4,8H,3,5H2,1H3. The van der Waals surface area contributed by atoms with Gasteiger partial charge in [0.1, 0.15) is 5.76 Å². The first-order valence-corrected chi connectivity index (χ1v) is 3.00. The van der Waals surface area contributed by atoms with Gasteiger partial charge in [0, 0.05) is 6.42 Å². The molecule has 0 bridgehead atoms. The maximum absolute atomic E-state index is 8.18. The maximum Gasteiger partial charge on any atom is 0.142 e. The van der Waals surface area contributed by atoms with Crippen molar-refractivity contribution in [3.63, 3.8) is 0 Å². The minimum absolute atomic E-state index is 0.653. The van der Waals surface area contributed by atoms with Gasteiger partial charge in [-0.05, 0) is 19.4 Å². The van der Waals surface area contributed by atoms with Crippen LogP contribution in [0.1, 0.15) is 19.8 Å². The summed E-state index contributed by atoms with van der Waals surface area (Å²) in [5.74, 6) is 0.653. The molecule has 0 aliphatic heterocycles. The van der Waals surface area contributed by atoms with Gasteiger partial charge in [-0.15, -0.1) is 0 Å². The zero-order valence-corrected chi connectivity index (χ0v) is 5.42. The SMILES string of the molecule is CC1=CC=C(OO)CC1. The average Bonchev–Trinajstić information content (AvgIpc) is 1.90. The molecule has 50 valence electrons. The molecule has 2 heteroatoms. The molecule has 1 aliphatic rings. The van der Waals surface area contributed by atoms with Crippen molar-refractivity contribution in [1.82, 2.24) is 0 Å². The normalized spacial score (nSPS) is 18.4. The van der Waals surface area contributed by atoms with Crippen LogP contribution in [0.5, 0.6) is 0 Å². The largest absolute Gasteiger partial charge is 0.345 e. The Morgan fingerprint density at radius 3 is 2.67 bits per heavy atom. The number of hydrogen-bond acceptors (Lipinski definition) is 2. The Balaban J connectivity index is 2.59. The zero-order valence-electron chi connectivity index (χ0n) is 5.42. The molecule has 0 saturated carbocycles. The highest BCUT2D eigenvalue weighted by atomic mass is 17.1. The van der Waals surface area contributed by atoms with Crippen LogP contribution in [0.4, 0.5) is 0 Å². The van der Waals surface area contributed by atoms with Crippen LogP contribution in [0, 0.1) is 0 Å². The first-order chi connectivity index (χ1) is 4.33. The van der Waals surface area contributed by atoms with E-state index in [1.54, 1.807) is 6.08 Å². The van der Waals surface area contributed by atoms with Crippen molar-refractivity contribution in [3.8, 4) is 0 Å². The van der Waals surface area contributed by atoms with Crippen molar-refractivity contribution in [2.75, 3.05) is 0 Å². The molecule has 1 aliphatic carbocycles. The minimum Gasteiger partial charge on any atom is -0.345 e. The molecule has 0 aromatic rings. The van der Waals surface area contributed by atoms with Gasteiger partial charge in [-0.3, -0.25) is 0 Å². The summed E-state index contributed by atoms with van der Waals surface area (Å²) in [6, 6.07) is 0. The predicted octanol–water partition coefficient (Wildman–Crippen LogP) is 2.10. The Morgan fingerprint density at radius 2 is 2.22 bits per heavy atom. The molecule has 1 rings (SSSR count). The molecule has 0 heterocycles. The number of hydrogen-bond donors (Lipinski definition) is 1. The third kappa shape index (κ3) is 1.57. The minimum atomic E-state index is 0.653. The van der Waals surface area contributed by atoms with Crippen LogP contribution in [0.25, 0.3) is 0 Å². The van der Waals surface area contributed by atoms with Crippen molar-refractivity contribution < 1.29 is 10.1 Å². The monoisotopic (exact) mass is 126 g/mol. The van der Waals surface area contributed by atoms with Gasteiger partial charge in [-0.25, -0.2) is 5.26 Å². The van der Waals surface area contributed by atoms with E-state index in [0.717, 1.165) is 12.8 Å². The third-order valence-electron chi connectivity index (χ3n) is 1.44. The van der Waals surface area contributed by atoms with Gasteiger partial charge in [0.05, 0.1) is 0 Å². The van der Waals surface area contributed by atoms with E-state index in [0.29, 0.717) is 5.76 Å². The molecule has 2 nitrogen and oxygen atoms in total. The van der Waals surface area contributed by atoms with E-state index in [1.165, 1.54) is 5.57 Å². The molecule has 0 aromatic heterocycles. The lowest BCUT2D eigenvalue weighted by Gasteiger charge is -2.07. The van der Waals surface area contributed by atoms with Crippen molar-refractivity contribution in [2.45, 2.75) is 19.8 Å².